The second kappa shape index (κ2) is 12.1. The van der Waals surface area contributed by atoms with Gasteiger partial charge in [0.15, 0.2) is 0 Å². The van der Waals surface area contributed by atoms with Crippen molar-refractivity contribution in [2.75, 3.05) is 0 Å². The zero-order valence-electron chi connectivity index (χ0n) is 21.2. The van der Waals surface area contributed by atoms with Crippen molar-refractivity contribution in [3.8, 4) is 16.9 Å². The second-order valence-electron chi connectivity index (χ2n) is 9.27. The number of hydrogen-bond acceptors (Lipinski definition) is 1. The van der Waals surface area contributed by atoms with Gasteiger partial charge in [0.25, 0.3) is 0 Å². The highest BCUT2D eigenvalue weighted by Gasteiger charge is 2.46. The van der Waals surface area contributed by atoms with E-state index < -0.39 is 7.26 Å². The Morgan fingerprint density at radius 3 is 1.56 bits per heavy atom. The number of hydrogen-bond donors (Lipinski definition) is 0. The molecular weight excluding hydrogens is 583 g/mol. The van der Waals surface area contributed by atoms with Crippen LogP contribution in [-0.4, -0.2) is 9.78 Å². The fraction of sp³-hybridized carbons (Fsp3) is 0.0294. The van der Waals surface area contributed by atoms with Crippen LogP contribution in [0.2, 0.25) is 0 Å². The van der Waals surface area contributed by atoms with E-state index in [1.54, 1.807) is 0 Å². The van der Waals surface area contributed by atoms with Crippen LogP contribution in [0, 0.1) is 0 Å². The Bertz CT molecular complexity index is 1540. The fourth-order valence-electron chi connectivity index (χ4n) is 5.14. The quantitative estimate of drug-likeness (QED) is 0.238. The van der Waals surface area contributed by atoms with Gasteiger partial charge in [-0.05, 0) is 60.7 Å². The molecule has 1 aromatic heterocycles. The van der Waals surface area contributed by atoms with Crippen LogP contribution in [0.4, 0.5) is 0 Å². The van der Waals surface area contributed by atoms with Crippen LogP contribution in [0.1, 0.15) is 5.56 Å². The standard InChI is InChI=1S/C34H27BrN2P.ClH/c35-29-15-13-14-27(24-29)34-28(25-37(36-34)30-16-5-1-6-17-30)26-38(31-18-7-2-8-19-31,32-20-9-3-10-21-32)33-22-11-4-12-23-33;/h1-25H,26H2;1H/q+1;/p-1. The number of nitrogens with zero attached hydrogens (tertiary/aromatic N) is 2. The van der Waals surface area contributed by atoms with Gasteiger partial charge >= 0.3 is 0 Å². The molecule has 0 saturated carbocycles. The predicted molar refractivity (Wildman–Crippen MR) is 166 cm³/mol. The number of halogens is 2. The average molecular weight is 610 g/mol. The fourth-order valence-corrected chi connectivity index (χ4v) is 9.77. The third-order valence-electron chi connectivity index (χ3n) is 6.91. The summed E-state index contributed by atoms with van der Waals surface area (Å²) >= 11 is 3.68. The first-order valence-corrected chi connectivity index (χ1v) is 15.5. The van der Waals surface area contributed by atoms with Crippen molar-refractivity contribution in [3.63, 3.8) is 0 Å². The van der Waals surface area contributed by atoms with Crippen LogP contribution in [0.5, 0.6) is 0 Å². The molecule has 0 amide bonds. The molecule has 0 N–H and O–H groups in total. The molecule has 0 radical (unpaired) electrons. The van der Waals surface area contributed by atoms with E-state index in [1.165, 1.54) is 21.5 Å². The first-order valence-electron chi connectivity index (χ1n) is 12.7. The lowest BCUT2D eigenvalue weighted by molar-refractivity contribution is -0.00000724. The minimum Gasteiger partial charge on any atom is -1.00 e. The third kappa shape index (κ3) is 5.49. The van der Waals surface area contributed by atoms with E-state index >= 15 is 0 Å². The highest BCUT2D eigenvalue weighted by atomic mass is 79.9. The molecule has 6 aromatic rings. The molecular formula is C34H27BrClN2P. The number of benzene rings is 5. The Hall–Kier alpha value is -3.49. The highest BCUT2D eigenvalue weighted by Crippen LogP contribution is 2.59. The summed E-state index contributed by atoms with van der Waals surface area (Å²) in [5, 5.41) is 9.27. The van der Waals surface area contributed by atoms with E-state index in [1.807, 2.05) is 10.7 Å². The Labute approximate surface area is 245 Å². The normalized spacial score (nSPS) is 11.1. The van der Waals surface area contributed by atoms with Crippen molar-refractivity contribution in [1.29, 1.82) is 0 Å². The molecule has 0 saturated heterocycles. The average Bonchev–Trinajstić information content (AvgIpc) is 3.41. The van der Waals surface area contributed by atoms with E-state index in [9.17, 15) is 0 Å². The maximum Gasteiger partial charge on any atom is 0.116 e. The molecule has 0 aliphatic rings. The van der Waals surface area contributed by atoms with Crippen molar-refractivity contribution in [2.45, 2.75) is 6.16 Å². The van der Waals surface area contributed by atoms with Crippen molar-refractivity contribution < 1.29 is 12.4 Å². The summed E-state index contributed by atoms with van der Waals surface area (Å²) in [5.74, 6) is 0. The maximum absolute atomic E-state index is 5.17. The number of rotatable bonds is 7. The summed E-state index contributed by atoms with van der Waals surface area (Å²) < 4.78 is 3.08. The van der Waals surface area contributed by atoms with Crippen molar-refractivity contribution in [3.05, 3.63) is 162 Å². The summed E-state index contributed by atoms with van der Waals surface area (Å²) in [6.45, 7) is 0. The molecule has 2 nitrogen and oxygen atoms in total. The van der Waals surface area contributed by atoms with Gasteiger partial charge in [-0.3, -0.25) is 0 Å². The number of aromatic nitrogens is 2. The van der Waals surface area contributed by atoms with Gasteiger partial charge in [-0.2, -0.15) is 5.10 Å². The largest absolute Gasteiger partial charge is 1.00 e. The lowest BCUT2D eigenvalue weighted by atomic mass is 10.1. The van der Waals surface area contributed by atoms with Crippen LogP contribution in [0.15, 0.2) is 156 Å². The number of para-hydroxylation sites is 1. The molecule has 1 heterocycles. The van der Waals surface area contributed by atoms with Gasteiger partial charge in [0.1, 0.15) is 29.3 Å². The Balaban J connectivity index is 0.00000308. The van der Waals surface area contributed by atoms with Crippen molar-refractivity contribution >= 4 is 39.1 Å². The van der Waals surface area contributed by atoms with Crippen LogP contribution in [0.3, 0.4) is 0 Å². The highest BCUT2D eigenvalue weighted by molar-refractivity contribution is 9.10. The van der Waals surface area contributed by atoms with E-state index in [0.717, 1.165) is 27.6 Å². The molecule has 6 rings (SSSR count). The molecule has 0 atom stereocenters. The summed E-state index contributed by atoms with van der Waals surface area (Å²) in [4.78, 5) is 0. The molecule has 0 bridgehead atoms. The Morgan fingerprint density at radius 1 is 0.590 bits per heavy atom. The molecule has 0 fully saturated rings. The van der Waals surface area contributed by atoms with Crippen LogP contribution in [-0.2, 0) is 6.16 Å². The first kappa shape index (κ1) is 27.1. The minimum absolute atomic E-state index is 0. The summed E-state index contributed by atoms with van der Waals surface area (Å²) in [7, 11) is -2.08. The molecule has 0 unspecified atom stereocenters. The monoisotopic (exact) mass is 608 g/mol. The lowest BCUT2D eigenvalue weighted by Crippen LogP contribution is -3.00. The zero-order chi connectivity index (χ0) is 25.8. The second-order valence-corrected chi connectivity index (χ2v) is 13.7. The van der Waals surface area contributed by atoms with Gasteiger partial charge in [-0.25, -0.2) is 4.68 Å². The van der Waals surface area contributed by atoms with Crippen LogP contribution >= 0.6 is 23.2 Å². The molecule has 5 heteroatoms. The van der Waals surface area contributed by atoms with E-state index in [0.29, 0.717) is 0 Å². The van der Waals surface area contributed by atoms with Crippen LogP contribution in [0.25, 0.3) is 16.9 Å². The van der Waals surface area contributed by atoms with Gasteiger partial charge in [-0.1, -0.05) is 101 Å². The molecule has 5 aromatic carbocycles. The Morgan fingerprint density at radius 2 is 1.08 bits per heavy atom. The van der Waals surface area contributed by atoms with E-state index in [2.05, 4.69) is 162 Å². The predicted octanol–water partition coefficient (Wildman–Crippen LogP) is 4.80. The van der Waals surface area contributed by atoms with Gasteiger partial charge in [-0.15, -0.1) is 0 Å². The van der Waals surface area contributed by atoms with Crippen LogP contribution < -0.4 is 28.3 Å². The summed E-state index contributed by atoms with van der Waals surface area (Å²) in [6.07, 6.45) is 3.09. The zero-order valence-corrected chi connectivity index (χ0v) is 24.5. The van der Waals surface area contributed by atoms with E-state index in [-0.39, 0.29) is 12.4 Å². The molecule has 0 spiro atoms. The first-order chi connectivity index (χ1) is 18.7. The third-order valence-corrected chi connectivity index (χ3v) is 11.8. The SMILES string of the molecule is Brc1cccc(-c2nn(-c3ccccc3)cc2C[P+](c2ccccc2)(c2ccccc2)c2ccccc2)c1.[Cl-]. The molecule has 0 aliphatic carbocycles. The van der Waals surface area contributed by atoms with E-state index in [4.69, 9.17) is 5.10 Å². The topological polar surface area (TPSA) is 17.8 Å². The maximum atomic E-state index is 5.17. The van der Waals surface area contributed by atoms with Gasteiger partial charge < -0.3 is 12.4 Å². The van der Waals surface area contributed by atoms with Gasteiger partial charge in [0.2, 0.25) is 0 Å². The molecule has 39 heavy (non-hydrogen) atoms. The lowest BCUT2D eigenvalue weighted by Gasteiger charge is -2.27. The molecule has 192 valence electrons. The van der Waals surface area contributed by atoms with Gasteiger partial charge in [0, 0.05) is 21.8 Å². The van der Waals surface area contributed by atoms with Gasteiger partial charge in [0.05, 0.1) is 11.4 Å². The minimum atomic E-state index is -2.08. The van der Waals surface area contributed by atoms with Crippen molar-refractivity contribution in [2.24, 2.45) is 0 Å². The summed E-state index contributed by atoms with van der Waals surface area (Å²) in [6, 6.07) is 51.9. The summed E-state index contributed by atoms with van der Waals surface area (Å²) in [5.41, 5.74) is 4.41. The smallest absolute Gasteiger partial charge is 0.116 e. The van der Waals surface area contributed by atoms with Crippen molar-refractivity contribution in [1.82, 2.24) is 9.78 Å². The Kier molecular flexibility index (Phi) is 8.43. The molecule has 0 aliphatic heterocycles.